The van der Waals surface area contributed by atoms with Gasteiger partial charge in [0.2, 0.25) is 0 Å². The molecule has 1 saturated heterocycles. The second kappa shape index (κ2) is 8.92. The van der Waals surface area contributed by atoms with Crippen molar-refractivity contribution >= 4 is 22.6 Å². The van der Waals surface area contributed by atoms with E-state index in [0.29, 0.717) is 23.3 Å². The van der Waals surface area contributed by atoms with Crippen LogP contribution in [0.2, 0.25) is 0 Å². The first kappa shape index (κ1) is 19.2. The Morgan fingerprint density at radius 1 is 1.03 bits per heavy atom. The number of carbonyl (C=O) groups excluding carboxylic acids is 1. The molecule has 1 aromatic heterocycles. The molecule has 2 aromatic carbocycles. The lowest BCUT2D eigenvalue weighted by Crippen LogP contribution is -2.33. The summed E-state index contributed by atoms with van der Waals surface area (Å²) in [6.45, 7) is 3.87. The van der Waals surface area contributed by atoms with Gasteiger partial charge in [-0.2, -0.15) is 0 Å². The topological polar surface area (TPSA) is 71.8 Å². The van der Waals surface area contributed by atoms with Crippen LogP contribution in [0.15, 0.2) is 63.8 Å². The summed E-state index contributed by atoms with van der Waals surface area (Å²) in [6, 6.07) is 15.8. The number of amides is 1. The molecule has 150 valence electrons. The lowest BCUT2D eigenvalue weighted by Gasteiger charge is -2.26. The Morgan fingerprint density at radius 3 is 2.59 bits per heavy atom. The molecule has 0 unspecified atom stereocenters. The Hall–Kier alpha value is -3.12. The summed E-state index contributed by atoms with van der Waals surface area (Å²) < 4.78 is 11.0. The van der Waals surface area contributed by atoms with Crippen molar-refractivity contribution in [1.82, 2.24) is 4.90 Å². The lowest BCUT2D eigenvalue weighted by atomic mass is 10.1. The molecule has 1 aliphatic heterocycles. The number of piperidine rings is 1. The summed E-state index contributed by atoms with van der Waals surface area (Å²) in [6.07, 6.45) is 3.86. The molecule has 1 amide bonds. The molecule has 0 radical (unpaired) electrons. The van der Waals surface area contributed by atoms with E-state index in [1.54, 1.807) is 36.4 Å². The molecule has 0 bridgehead atoms. The zero-order valence-electron chi connectivity index (χ0n) is 16.2. The second-order valence-electron chi connectivity index (χ2n) is 7.21. The van der Waals surface area contributed by atoms with Crippen molar-refractivity contribution < 1.29 is 13.9 Å². The molecule has 0 spiro atoms. The molecule has 4 rings (SSSR count). The molecule has 1 N–H and O–H groups in total. The number of hydrogen-bond acceptors (Lipinski definition) is 5. The molecular weight excluding hydrogens is 368 g/mol. The summed E-state index contributed by atoms with van der Waals surface area (Å²) in [7, 11) is 0. The number of fused-ring (bicyclic) bond motifs is 1. The minimum absolute atomic E-state index is 0.0226. The van der Waals surface area contributed by atoms with Crippen molar-refractivity contribution in [2.75, 3.05) is 31.6 Å². The Bertz CT molecular complexity index is 1040. The number of carbonyl (C=O) groups is 1. The number of benzene rings is 2. The van der Waals surface area contributed by atoms with Crippen LogP contribution >= 0.6 is 0 Å². The molecule has 6 heteroatoms. The standard InChI is InChI=1S/C23H24N2O4/c26-22(20-16-17-6-2-3-7-21(17)29-23(20)27)24-18-8-10-19(11-9-18)28-15-14-25-12-4-1-5-13-25/h2-3,6-11,16H,1,4-5,12-15H2,(H,24,26). The first-order valence-corrected chi connectivity index (χ1v) is 9.98. The van der Waals surface area contributed by atoms with Crippen LogP contribution in [-0.2, 0) is 0 Å². The molecule has 0 saturated carbocycles. The number of hydrogen-bond donors (Lipinski definition) is 1. The van der Waals surface area contributed by atoms with Gasteiger partial charge < -0.3 is 14.5 Å². The van der Waals surface area contributed by atoms with Crippen LogP contribution in [-0.4, -0.2) is 37.0 Å². The van der Waals surface area contributed by atoms with Gasteiger partial charge >= 0.3 is 5.63 Å². The highest BCUT2D eigenvalue weighted by atomic mass is 16.5. The normalized spacial score (nSPS) is 14.6. The lowest BCUT2D eigenvalue weighted by molar-refractivity contribution is 0.102. The van der Waals surface area contributed by atoms with Gasteiger partial charge in [0.15, 0.2) is 0 Å². The summed E-state index contributed by atoms with van der Waals surface area (Å²) in [5.74, 6) is 0.258. The van der Waals surface area contributed by atoms with E-state index >= 15 is 0 Å². The third kappa shape index (κ3) is 4.84. The van der Waals surface area contributed by atoms with Crippen molar-refractivity contribution in [2.24, 2.45) is 0 Å². The zero-order chi connectivity index (χ0) is 20.1. The van der Waals surface area contributed by atoms with Crippen LogP contribution in [0.25, 0.3) is 11.0 Å². The van der Waals surface area contributed by atoms with Gasteiger partial charge in [0, 0.05) is 17.6 Å². The van der Waals surface area contributed by atoms with Gasteiger partial charge in [-0.05, 0) is 62.3 Å². The van der Waals surface area contributed by atoms with Gasteiger partial charge in [-0.3, -0.25) is 9.69 Å². The SMILES string of the molecule is O=C(Nc1ccc(OCCN2CCCCC2)cc1)c1cc2ccccc2oc1=O. The quantitative estimate of drug-likeness (QED) is 0.644. The average Bonchev–Trinajstić information content (AvgIpc) is 2.75. The summed E-state index contributed by atoms with van der Waals surface area (Å²) in [5, 5.41) is 3.44. The molecule has 2 heterocycles. The number of rotatable bonds is 6. The molecule has 1 aliphatic rings. The number of ether oxygens (including phenoxy) is 1. The third-order valence-corrected chi connectivity index (χ3v) is 5.12. The molecule has 6 nitrogen and oxygen atoms in total. The van der Waals surface area contributed by atoms with Crippen LogP contribution in [0.5, 0.6) is 5.75 Å². The van der Waals surface area contributed by atoms with Crippen LogP contribution in [0.3, 0.4) is 0 Å². The van der Waals surface area contributed by atoms with E-state index in [-0.39, 0.29) is 5.56 Å². The smallest absolute Gasteiger partial charge is 0.349 e. The van der Waals surface area contributed by atoms with Gasteiger partial charge in [-0.1, -0.05) is 24.6 Å². The van der Waals surface area contributed by atoms with Crippen molar-refractivity contribution in [1.29, 1.82) is 0 Å². The number of likely N-dealkylation sites (tertiary alicyclic amines) is 1. The highest BCUT2D eigenvalue weighted by Gasteiger charge is 2.14. The minimum Gasteiger partial charge on any atom is -0.492 e. The maximum Gasteiger partial charge on any atom is 0.349 e. The monoisotopic (exact) mass is 392 g/mol. The maximum atomic E-state index is 12.5. The van der Waals surface area contributed by atoms with Crippen LogP contribution in [0, 0.1) is 0 Å². The Labute approximate surface area is 169 Å². The first-order valence-electron chi connectivity index (χ1n) is 9.98. The first-order chi connectivity index (χ1) is 14.2. The second-order valence-corrected chi connectivity index (χ2v) is 7.21. The fourth-order valence-electron chi connectivity index (χ4n) is 3.53. The predicted molar refractivity (Wildman–Crippen MR) is 113 cm³/mol. The van der Waals surface area contributed by atoms with Crippen LogP contribution < -0.4 is 15.7 Å². The van der Waals surface area contributed by atoms with Gasteiger partial charge in [0.05, 0.1) is 0 Å². The number of anilines is 1. The largest absolute Gasteiger partial charge is 0.492 e. The molecule has 29 heavy (non-hydrogen) atoms. The van der Waals surface area contributed by atoms with E-state index in [2.05, 4.69) is 10.2 Å². The van der Waals surface area contributed by atoms with Gasteiger partial charge in [0.25, 0.3) is 5.91 Å². The van der Waals surface area contributed by atoms with Gasteiger partial charge in [-0.25, -0.2) is 4.79 Å². The van der Waals surface area contributed by atoms with E-state index < -0.39 is 11.5 Å². The zero-order valence-corrected chi connectivity index (χ0v) is 16.2. The van der Waals surface area contributed by atoms with E-state index in [1.807, 2.05) is 18.2 Å². The Morgan fingerprint density at radius 2 is 1.79 bits per heavy atom. The maximum absolute atomic E-state index is 12.5. The average molecular weight is 392 g/mol. The van der Waals surface area contributed by atoms with Crippen molar-refractivity contribution in [3.8, 4) is 5.75 Å². The summed E-state index contributed by atoms with van der Waals surface area (Å²) in [5.41, 5.74) is 0.371. The Kier molecular flexibility index (Phi) is 5.91. The fraction of sp³-hybridized carbons (Fsp3) is 0.304. The third-order valence-electron chi connectivity index (χ3n) is 5.12. The van der Waals surface area contributed by atoms with Crippen LogP contribution in [0.4, 0.5) is 5.69 Å². The molecule has 0 atom stereocenters. The Balaban J connectivity index is 1.35. The molecular formula is C23H24N2O4. The van der Waals surface area contributed by atoms with Crippen molar-refractivity contribution in [2.45, 2.75) is 19.3 Å². The van der Waals surface area contributed by atoms with Crippen molar-refractivity contribution in [3.05, 3.63) is 70.6 Å². The summed E-state index contributed by atoms with van der Waals surface area (Å²) in [4.78, 5) is 27.0. The van der Waals surface area contributed by atoms with Crippen LogP contribution in [0.1, 0.15) is 29.6 Å². The van der Waals surface area contributed by atoms with Gasteiger partial charge in [0.1, 0.15) is 23.5 Å². The number of nitrogens with one attached hydrogen (secondary N) is 1. The highest BCUT2D eigenvalue weighted by molar-refractivity contribution is 6.05. The number of para-hydroxylation sites is 1. The predicted octanol–water partition coefficient (Wildman–Crippen LogP) is 3.91. The van der Waals surface area contributed by atoms with Crippen molar-refractivity contribution in [3.63, 3.8) is 0 Å². The number of nitrogens with zero attached hydrogens (tertiary/aromatic N) is 1. The summed E-state index contributed by atoms with van der Waals surface area (Å²) >= 11 is 0. The highest BCUT2D eigenvalue weighted by Crippen LogP contribution is 2.18. The van der Waals surface area contributed by atoms with E-state index in [0.717, 1.165) is 25.4 Å². The van der Waals surface area contributed by atoms with E-state index in [1.165, 1.54) is 19.3 Å². The van der Waals surface area contributed by atoms with E-state index in [4.69, 9.17) is 9.15 Å². The fourth-order valence-corrected chi connectivity index (χ4v) is 3.53. The van der Waals surface area contributed by atoms with Gasteiger partial charge in [-0.15, -0.1) is 0 Å². The van der Waals surface area contributed by atoms with E-state index in [9.17, 15) is 9.59 Å². The molecule has 3 aromatic rings. The minimum atomic E-state index is -0.654. The molecule has 1 fully saturated rings. The molecule has 0 aliphatic carbocycles.